The number of para-hydroxylation sites is 1. The maximum atomic E-state index is 5.01. The summed E-state index contributed by atoms with van der Waals surface area (Å²) in [4.78, 5) is 9.79. The van der Waals surface area contributed by atoms with Crippen molar-refractivity contribution in [3.05, 3.63) is 205 Å². The van der Waals surface area contributed by atoms with Gasteiger partial charge in [-0.05, 0) is 117 Å². The van der Waals surface area contributed by atoms with Gasteiger partial charge in [-0.25, -0.2) is 0 Å². The molecule has 0 unspecified atom stereocenters. The van der Waals surface area contributed by atoms with Crippen LogP contribution in [-0.2, 0) is 0 Å². The molecule has 3 nitrogen and oxygen atoms in total. The third-order valence-electron chi connectivity index (χ3n) is 11.4. The minimum Gasteiger partial charge on any atom is -0.309 e. The summed E-state index contributed by atoms with van der Waals surface area (Å²) in [7, 11) is 0. The Hall–Kier alpha value is -7.36. The summed E-state index contributed by atoms with van der Waals surface area (Å²) in [6, 6.07) is 68.5. The number of benzene rings is 8. The quantitative estimate of drug-likeness (QED) is 0.168. The molecule has 0 bridgehead atoms. The molecule has 0 atom stereocenters. The highest BCUT2D eigenvalue weighted by atomic mass is 15.0. The summed E-state index contributed by atoms with van der Waals surface area (Å²) in [6.07, 6.45) is 5.14. The first-order valence-corrected chi connectivity index (χ1v) is 19.7. The third kappa shape index (κ3) is 5.84. The molecule has 268 valence electrons. The van der Waals surface area contributed by atoms with E-state index in [1.807, 2.05) is 6.20 Å². The molecule has 3 heteroatoms. The lowest BCUT2D eigenvalue weighted by molar-refractivity contribution is 0.945. The van der Waals surface area contributed by atoms with E-state index in [-0.39, 0.29) is 0 Å². The SMILES string of the molecule is C1=c2ncc3cccc(-n4c5ccccc5c5cc(-c6cc(-c7cccc(-c8ccccc8)c7)cc(-c7cccc(-c8ccccc8)c7)c6)ccc54)c3c2=NCC1. The summed E-state index contributed by atoms with van der Waals surface area (Å²) in [5, 5.41) is 6.66. The van der Waals surface area contributed by atoms with Crippen molar-refractivity contribution in [2.24, 2.45) is 4.99 Å². The van der Waals surface area contributed by atoms with Gasteiger partial charge in [-0.15, -0.1) is 0 Å². The van der Waals surface area contributed by atoms with Crippen LogP contribution in [0, 0.1) is 0 Å². The molecule has 10 aromatic rings. The number of hydrogen-bond donors (Lipinski definition) is 0. The number of hydrogen-bond acceptors (Lipinski definition) is 2. The molecule has 11 rings (SSSR count). The van der Waals surface area contributed by atoms with Crippen LogP contribution in [0.5, 0.6) is 0 Å². The lowest BCUT2D eigenvalue weighted by Crippen LogP contribution is -2.32. The molecule has 8 aromatic carbocycles. The number of fused-ring (bicyclic) bond motifs is 6. The van der Waals surface area contributed by atoms with E-state index in [9.17, 15) is 0 Å². The second-order valence-electron chi connectivity index (χ2n) is 14.9. The van der Waals surface area contributed by atoms with Crippen LogP contribution in [0.4, 0.5) is 0 Å². The molecular formula is C54H37N3. The van der Waals surface area contributed by atoms with Gasteiger partial charge < -0.3 is 4.57 Å². The molecule has 1 aliphatic rings. The molecule has 0 amide bonds. The van der Waals surface area contributed by atoms with E-state index in [1.165, 1.54) is 77.4 Å². The second kappa shape index (κ2) is 13.7. The Morgan fingerprint density at radius 3 is 1.60 bits per heavy atom. The van der Waals surface area contributed by atoms with Crippen LogP contribution in [0.3, 0.4) is 0 Å². The highest BCUT2D eigenvalue weighted by Crippen LogP contribution is 2.39. The lowest BCUT2D eigenvalue weighted by atomic mass is 9.91. The highest BCUT2D eigenvalue weighted by molar-refractivity contribution is 6.11. The Kier molecular flexibility index (Phi) is 7.96. The van der Waals surface area contributed by atoms with Crippen LogP contribution < -0.4 is 10.7 Å². The van der Waals surface area contributed by atoms with Gasteiger partial charge in [-0.1, -0.05) is 140 Å². The molecule has 0 aliphatic carbocycles. The zero-order chi connectivity index (χ0) is 37.7. The van der Waals surface area contributed by atoms with Crippen molar-refractivity contribution < 1.29 is 0 Å². The smallest absolute Gasteiger partial charge is 0.0927 e. The van der Waals surface area contributed by atoms with Crippen LogP contribution in [0.1, 0.15) is 6.42 Å². The first-order valence-electron chi connectivity index (χ1n) is 19.7. The topological polar surface area (TPSA) is 30.2 Å². The van der Waals surface area contributed by atoms with Gasteiger partial charge in [-0.3, -0.25) is 9.98 Å². The van der Waals surface area contributed by atoms with Crippen LogP contribution in [0.25, 0.3) is 100.0 Å². The number of rotatable bonds is 6. The fourth-order valence-corrected chi connectivity index (χ4v) is 8.68. The summed E-state index contributed by atoms with van der Waals surface area (Å²) < 4.78 is 2.42. The number of pyridine rings is 1. The molecule has 0 radical (unpaired) electrons. The van der Waals surface area contributed by atoms with E-state index in [0.29, 0.717) is 0 Å². The van der Waals surface area contributed by atoms with Crippen LogP contribution in [0.15, 0.2) is 199 Å². The zero-order valence-corrected chi connectivity index (χ0v) is 31.3. The van der Waals surface area contributed by atoms with E-state index in [1.54, 1.807) is 0 Å². The van der Waals surface area contributed by atoms with Gasteiger partial charge >= 0.3 is 0 Å². The van der Waals surface area contributed by atoms with Gasteiger partial charge in [0, 0.05) is 34.3 Å². The molecule has 0 N–H and O–H groups in total. The normalized spacial score (nSPS) is 12.4. The van der Waals surface area contributed by atoms with Crippen molar-refractivity contribution in [3.8, 4) is 61.3 Å². The van der Waals surface area contributed by atoms with Crippen LogP contribution in [-0.4, -0.2) is 16.1 Å². The fraction of sp³-hybridized carbons (Fsp3) is 0.0370. The molecule has 2 aromatic heterocycles. The molecule has 57 heavy (non-hydrogen) atoms. The first kappa shape index (κ1) is 33.0. The maximum Gasteiger partial charge on any atom is 0.0927 e. The molecule has 0 spiro atoms. The van der Waals surface area contributed by atoms with Gasteiger partial charge in [0.2, 0.25) is 0 Å². The Morgan fingerprint density at radius 1 is 0.404 bits per heavy atom. The van der Waals surface area contributed by atoms with Crippen LogP contribution in [0.2, 0.25) is 0 Å². The minimum atomic E-state index is 0.785. The zero-order valence-electron chi connectivity index (χ0n) is 31.3. The number of nitrogens with zero attached hydrogens (tertiary/aromatic N) is 3. The Balaban J connectivity index is 1.12. The Morgan fingerprint density at radius 2 is 0.930 bits per heavy atom. The van der Waals surface area contributed by atoms with Gasteiger partial charge in [-0.2, -0.15) is 0 Å². The summed E-state index contributed by atoms with van der Waals surface area (Å²) in [6.45, 7) is 0.785. The predicted molar refractivity (Wildman–Crippen MR) is 238 cm³/mol. The van der Waals surface area contributed by atoms with Gasteiger partial charge in [0.1, 0.15) is 0 Å². The molecule has 1 aliphatic heterocycles. The molecule has 0 saturated carbocycles. The largest absolute Gasteiger partial charge is 0.309 e. The van der Waals surface area contributed by atoms with Gasteiger partial charge in [0.25, 0.3) is 0 Å². The summed E-state index contributed by atoms with van der Waals surface area (Å²) >= 11 is 0. The average molecular weight is 728 g/mol. The number of aromatic nitrogens is 2. The van der Waals surface area contributed by atoms with E-state index >= 15 is 0 Å². The standard InChI is InChI=1S/C54H37N3/c1-3-13-36(14-4-1)38-17-9-19-40(29-38)44-31-45(41-20-10-18-39(30-41)37-15-5-2-6-16-37)33-46(32-44)42-26-27-51-48(34-42)47-22-7-8-24-50(47)57(51)52-25-11-21-43-35-56-49-23-12-28-55-54(49)53(43)52/h1-11,13-27,29-35H,12,28H2. The maximum absolute atomic E-state index is 5.01. The second-order valence-corrected chi connectivity index (χ2v) is 14.9. The predicted octanol–water partition coefficient (Wildman–Crippen LogP) is 12.5. The first-order chi connectivity index (χ1) is 28.2. The van der Waals surface area contributed by atoms with E-state index in [4.69, 9.17) is 9.98 Å². The molecular weight excluding hydrogens is 691 g/mol. The monoisotopic (exact) mass is 727 g/mol. The van der Waals surface area contributed by atoms with Crippen molar-refractivity contribution in [2.75, 3.05) is 6.54 Å². The molecule has 0 fully saturated rings. The molecule has 0 saturated heterocycles. The lowest BCUT2D eigenvalue weighted by Gasteiger charge is -2.14. The average Bonchev–Trinajstić information content (AvgIpc) is 3.63. The van der Waals surface area contributed by atoms with Crippen molar-refractivity contribution in [3.63, 3.8) is 0 Å². The summed E-state index contributed by atoms with van der Waals surface area (Å²) in [5.41, 5.74) is 15.4. The van der Waals surface area contributed by atoms with Crippen molar-refractivity contribution in [1.82, 2.24) is 9.55 Å². The van der Waals surface area contributed by atoms with Crippen molar-refractivity contribution >= 4 is 38.7 Å². The van der Waals surface area contributed by atoms with E-state index in [2.05, 4.69) is 199 Å². The van der Waals surface area contributed by atoms with Crippen molar-refractivity contribution in [1.29, 1.82) is 0 Å². The Labute approximate surface area is 331 Å². The third-order valence-corrected chi connectivity index (χ3v) is 11.4. The Bertz CT molecular complexity index is 3190. The van der Waals surface area contributed by atoms with E-state index in [0.717, 1.165) is 40.1 Å². The summed E-state index contributed by atoms with van der Waals surface area (Å²) in [5.74, 6) is 0. The van der Waals surface area contributed by atoms with Gasteiger partial charge in [0.15, 0.2) is 0 Å². The van der Waals surface area contributed by atoms with E-state index < -0.39 is 0 Å². The highest BCUT2D eigenvalue weighted by Gasteiger charge is 2.18. The van der Waals surface area contributed by atoms with Crippen LogP contribution >= 0.6 is 0 Å². The van der Waals surface area contributed by atoms with Crippen molar-refractivity contribution in [2.45, 2.75) is 6.42 Å². The fourth-order valence-electron chi connectivity index (χ4n) is 8.68. The van der Waals surface area contributed by atoms with Gasteiger partial charge in [0.05, 0.1) is 27.4 Å². The minimum absolute atomic E-state index is 0.785. The molecule has 3 heterocycles.